The fourth-order valence-corrected chi connectivity index (χ4v) is 4.52. The van der Waals surface area contributed by atoms with Crippen LogP contribution in [-0.4, -0.2) is 8.42 Å². The molecule has 0 unspecified atom stereocenters. The highest BCUT2D eigenvalue weighted by molar-refractivity contribution is 7.89. The van der Waals surface area contributed by atoms with Crippen LogP contribution < -0.4 is 4.72 Å². The maximum atomic E-state index is 12.8. The second-order valence-corrected chi connectivity index (χ2v) is 7.23. The molecule has 1 atom stereocenters. The topological polar surface area (TPSA) is 46.2 Å². The molecule has 3 nitrogen and oxygen atoms in total. The van der Waals surface area contributed by atoms with E-state index in [-0.39, 0.29) is 0 Å². The van der Waals surface area contributed by atoms with Gasteiger partial charge in [0.25, 0.3) is 0 Å². The van der Waals surface area contributed by atoms with Crippen molar-refractivity contribution in [2.45, 2.75) is 10.9 Å². The first-order valence-corrected chi connectivity index (χ1v) is 8.91. The van der Waals surface area contributed by atoms with Gasteiger partial charge in [0.15, 0.2) is 0 Å². The summed E-state index contributed by atoms with van der Waals surface area (Å²) < 4.78 is 28.5. The maximum Gasteiger partial charge on any atom is 0.242 e. The van der Waals surface area contributed by atoms with Gasteiger partial charge in [-0.15, -0.1) is 0 Å². The number of hydrogen-bond acceptors (Lipinski definition) is 2. The van der Waals surface area contributed by atoms with Gasteiger partial charge in [0.2, 0.25) is 10.0 Å². The lowest BCUT2D eigenvalue weighted by Crippen LogP contribution is -2.28. The van der Waals surface area contributed by atoms with Gasteiger partial charge in [-0.05, 0) is 22.8 Å². The molecule has 0 saturated carbocycles. The van der Waals surface area contributed by atoms with E-state index in [1.54, 1.807) is 12.1 Å². The van der Waals surface area contributed by atoms with E-state index in [1.807, 2.05) is 66.7 Å². The maximum absolute atomic E-state index is 12.8. The molecular formula is C19H15NO2S. The molecule has 0 radical (unpaired) electrons. The Kier molecular flexibility index (Phi) is 3.29. The summed E-state index contributed by atoms with van der Waals surface area (Å²) in [6.45, 7) is 0. The van der Waals surface area contributed by atoms with Crippen molar-refractivity contribution in [2.24, 2.45) is 0 Å². The molecule has 3 aromatic carbocycles. The largest absolute Gasteiger partial charge is 0.242 e. The molecule has 0 aromatic heterocycles. The Bertz CT molecular complexity index is 965. The van der Waals surface area contributed by atoms with E-state index in [0.717, 1.165) is 22.3 Å². The summed E-state index contributed by atoms with van der Waals surface area (Å²) in [5.74, 6) is 0. The van der Waals surface area contributed by atoms with E-state index in [2.05, 4.69) is 4.72 Å². The third kappa shape index (κ3) is 2.36. The smallest absolute Gasteiger partial charge is 0.207 e. The van der Waals surface area contributed by atoms with Gasteiger partial charge in [-0.3, -0.25) is 0 Å². The van der Waals surface area contributed by atoms with Crippen molar-refractivity contribution in [2.75, 3.05) is 0 Å². The summed E-state index contributed by atoms with van der Waals surface area (Å²) >= 11 is 0. The average Bonchev–Trinajstić information content (AvgIpc) is 2.70. The highest BCUT2D eigenvalue weighted by atomic mass is 32.2. The van der Waals surface area contributed by atoms with Gasteiger partial charge in [-0.1, -0.05) is 72.8 Å². The van der Waals surface area contributed by atoms with Gasteiger partial charge >= 0.3 is 0 Å². The first-order chi connectivity index (χ1) is 11.2. The molecule has 3 aromatic rings. The van der Waals surface area contributed by atoms with Gasteiger partial charge in [-0.2, -0.15) is 4.72 Å². The van der Waals surface area contributed by atoms with Crippen molar-refractivity contribution >= 4 is 10.0 Å². The lowest BCUT2D eigenvalue weighted by atomic mass is 9.92. The second-order valence-electron chi connectivity index (χ2n) is 5.55. The van der Waals surface area contributed by atoms with Crippen LogP contribution in [0.5, 0.6) is 0 Å². The quantitative estimate of drug-likeness (QED) is 0.742. The predicted octanol–water partition coefficient (Wildman–Crippen LogP) is 3.73. The van der Waals surface area contributed by atoms with E-state index in [0.29, 0.717) is 4.90 Å². The van der Waals surface area contributed by atoms with Gasteiger partial charge in [0.1, 0.15) is 0 Å². The predicted molar refractivity (Wildman–Crippen MR) is 90.5 cm³/mol. The molecule has 1 aliphatic rings. The van der Waals surface area contributed by atoms with Crippen molar-refractivity contribution in [3.63, 3.8) is 0 Å². The van der Waals surface area contributed by atoms with Crippen LogP contribution in [0.2, 0.25) is 0 Å². The number of benzene rings is 3. The Labute approximate surface area is 135 Å². The number of nitrogens with one attached hydrogen (secondary N) is 1. The van der Waals surface area contributed by atoms with E-state index in [4.69, 9.17) is 0 Å². The molecule has 0 bridgehead atoms. The molecule has 0 aliphatic carbocycles. The summed E-state index contributed by atoms with van der Waals surface area (Å²) in [7, 11) is -3.59. The molecular weight excluding hydrogens is 306 g/mol. The summed E-state index contributed by atoms with van der Waals surface area (Å²) in [4.78, 5) is 0.325. The molecule has 1 heterocycles. The monoisotopic (exact) mass is 321 g/mol. The first-order valence-electron chi connectivity index (χ1n) is 7.42. The second kappa shape index (κ2) is 5.33. The molecule has 4 heteroatoms. The zero-order chi connectivity index (χ0) is 15.9. The Hall–Kier alpha value is -2.43. The van der Waals surface area contributed by atoms with Crippen molar-refractivity contribution in [1.29, 1.82) is 0 Å². The van der Waals surface area contributed by atoms with E-state index in [1.165, 1.54) is 0 Å². The summed E-state index contributed by atoms with van der Waals surface area (Å²) in [5.41, 5.74) is 3.59. The van der Waals surface area contributed by atoms with Crippen LogP contribution in [0.4, 0.5) is 0 Å². The standard InChI is InChI=1S/C19H15NO2S/c21-23(22)18-13-7-6-11-16(18)15-10-4-5-12-17(15)19(20-23)14-8-2-1-3-9-14/h1-13,19-20H/t19-/m1/s1. The highest BCUT2D eigenvalue weighted by Gasteiger charge is 2.31. The van der Waals surface area contributed by atoms with Gasteiger partial charge in [0, 0.05) is 5.56 Å². The molecule has 0 amide bonds. The third-order valence-corrected chi connectivity index (χ3v) is 5.63. The molecule has 0 spiro atoms. The Morgan fingerprint density at radius 3 is 2.09 bits per heavy atom. The van der Waals surface area contributed by atoms with Gasteiger partial charge in [0.05, 0.1) is 10.9 Å². The van der Waals surface area contributed by atoms with Crippen molar-refractivity contribution in [1.82, 2.24) is 4.72 Å². The number of sulfonamides is 1. The van der Waals surface area contributed by atoms with Crippen molar-refractivity contribution in [3.8, 4) is 11.1 Å². The van der Waals surface area contributed by atoms with Crippen LogP contribution >= 0.6 is 0 Å². The number of fused-ring (bicyclic) bond motifs is 3. The Morgan fingerprint density at radius 1 is 0.696 bits per heavy atom. The van der Waals surface area contributed by atoms with E-state index in [9.17, 15) is 8.42 Å². The van der Waals surface area contributed by atoms with Crippen LogP contribution in [0, 0.1) is 0 Å². The van der Waals surface area contributed by atoms with E-state index >= 15 is 0 Å². The van der Waals surface area contributed by atoms with Crippen LogP contribution in [0.25, 0.3) is 11.1 Å². The zero-order valence-corrected chi connectivity index (χ0v) is 13.1. The number of rotatable bonds is 1. The van der Waals surface area contributed by atoms with E-state index < -0.39 is 16.1 Å². The fourth-order valence-electron chi connectivity index (χ4n) is 3.09. The minimum absolute atomic E-state index is 0.325. The fraction of sp³-hybridized carbons (Fsp3) is 0.0526. The Morgan fingerprint density at radius 2 is 1.30 bits per heavy atom. The summed E-state index contributed by atoms with van der Waals surface area (Å²) in [5, 5.41) is 0. The summed E-state index contributed by atoms with van der Waals surface area (Å²) in [6, 6.07) is 24.2. The lowest BCUT2D eigenvalue weighted by molar-refractivity contribution is 0.574. The molecule has 1 N–H and O–H groups in total. The molecule has 0 saturated heterocycles. The number of hydrogen-bond donors (Lipinski definition) is 1. The van der Waals surface area contributed by atoms with Crippen LogP contribution in [-0.2, 0) is 10.0 Å². The molecule has 114 valence electrons. The normalized spacial score (nSPS) is 18.5. The zero-order valence-electron chi connectivity index (χ0n) is 12.3. The van der Waals surface area contributed by atoms with Crippen molar-refractivity contribution < 1.29 is 8.42 Å². The average molecular weight is 321 g/mol. The molecule has 23 heavy (non-hydrogen) atoms. The van der Waals surface area contributed by atoms with Crippen LogP contribution in [0.15, 0.2) is 83.8 Å². The first kappa shape index (κ1) is 14.2. The van der Waals surface area contributed by atoms with Crippen LogP contribution in [0.3, 0.4) is 0 Å². The van der Waals surface area contributed by atoms with Gasteiger partial charge < -0.3 is 0 Å². The van der Waals surface area contributed by atoms with Gasteiger partial charge in [-0.25, -0.2) is 8.42 Å². The Balaban J connectivity index is 2.04. The molecule has 1 aliphatic heterocycles. The minimum atomic E-state index is -3.59. The third-order valence-electron chi connectivity index (χ3n) is 4.14. The SMILES string of the molecule is O=S1(=O)N[C@H](c2ccccc2)c2ccccc2-c2ccccc21. The minimum Gasteiger partial charge on any atom is -0.207 e. The molecule has 0 fully saturated rings. The lowest BCUT2D eigenvalue weighted by Gasteiger charge is -2.18. The van der Waals surface area contributed by atoms with Crippen molar-refractivity contribution in [3.05, 3.63) is 90.0 Å². The molecule has 4 rings (SSSR count). The summed E-state index contributed by atoms with van der Waals surface area (Å²) in [6.07, 6.45) is 0. The van der Waals surface area contributed by atoms with Crippen LogP contribution in [0.1, 0.15) is 17.2 Å². The highest BCUT2D eigenvalue weighted by Crippen LogP contribution is 2.39.